The molecule has 102 valence electrons. The Kier molecular flexibility index (Phi) is 1.89. The molecule has 0 bridgehead atoms. The zero-order valence-corrected chi connectivity index (χ0v) is 11.0. The van der Waals surface area contributed by atoms with Gasteiger partial charge in [-0.3, -0.25) is 9.69 Å². The number of nitrogens with zero attached hydrogens (tertiary/aromatic N) is 2. The molecule has 3 aliphatic heterocycles. The summed E-state index contributed by atoms with van der Waals surface area (Å²) >= 11 is 0. The summed E-state index contributed by atoms with van der Waals surface area (Å²) in [6, 6.07) is 11.4. The van der Waals surface area contributed by atoms with Crippen LogP contribution in [0.3, 0.4) is 0 Å². The van der Waals surface area contributed by atoms with Gasteiger partial charge < -0.3 is 9.47 Å². The lowest BCUT2D eigenvalue weighted by Crippen LogP contribution is -2.31. The summed E-state index contributed by atoms with van der Waals surface area (Å²) in [6.45, 7) is 0.749. The maximum atomic E-state index is 12.5. The third-order valence-electron chi connectivity index (χ3n) is 4.03. The summed E-state index contributed by atoms with van der Waals surface area (Å²) in [5.41, 5.74) is 3.43. The van der Waals surface area contributed by atoms with Crippen LogP contribution in [0.15, 0.2) is 41.4 Å². The van der Waals surface area contributed by atoms with E-state index in [2.05, 4.69) is 4.99 Å². The van der Waals surface area contributed by atoms with Crippen molar-refractivity contribution in [1.29, 1.82) is 0 Å². The fourth-order valence-electron chi connectivity index (χ4n) is 3.01. The lowest BCUT2D eigenvalue weighted by atomic mass is 10.1. The second-order valence-electron chi connectivity index (χ2n) is 5.21. The third-order valence-corrected chi connectivity index (χ3v) is 4.03. The summed E-state index contributed by atoms with van der Waals surface area (Å²) in [4.78, 5) is 18.8. The van der Waals surface area contributed by atoms with Crippen LogP contribution >= 0.6 is 0 Å². The van der Waals surface area contributed by atoms with Crippen LogP contribution in [0.1, 0.15) is 21.5 Å². The van der Waals surface area contributed by atoms with Crippen molar-refractivity contribution in [3.8, 4) is 11.5 Å². The van der Waals surface area contributed by atoms with Crippen LogP contribution in [-0.4, -0.2) is 23.4 Å². The van der Waals surface area contributed by atoms with E-state index in [9.17, 15) is 4.79 Å². The van der Waals surface area contributed by atoms with Gasteiger partial charge in [-0.1, -0.05) is 18.2 Å². The molecule has 21 heavy (non-hydrogen) atoms. The number of ether oxygens (including phenoxy) is 2. The zero-order valence-electron chi connectivity index (χ0n) is 11.0. The van der Waals surface area contributed by atoms with Gasteiger partial charge in [0.1, 0.15) is 5.84 Å². The molecule has 0 spiro atoms. The van der Waals surface area contributed by atoms with Gasteiger partial charge in [-0.05, 0) is 12.1 Å². The lowest BCUT2D eigenvalue weighted by molar-refractivity contribution is 0.0851. The quantitative estimate of drug-likeness (QED) is 0.743. The van der Waals surface area contributed by atoms with E-state index >= 15 is 0 Å². The van der Waals surface area contributed by atoms with Gasteiger partial charge in [-0.2, -0.15) is 0 Å². The minimum atomic E-state index is 0.00710. The van der Waals surface area contributed by atoms with Crippen LogP contribution < -0.4 is 9.47 Å². The predicted octanol–water partition coefficient (Wildman–Crippen LogP) is 2.46. The van der Waals surface area contributed by atoms with E-state index in [1.165, 1.54) is 0 Å². The smallest absolute Gasteiger partial charge is 0.260 e. The van der Waals surface area contributed by atoms with Crippen molar-refractivity contribution >= 4 is 17.4 Å². The minimum Gasteiger partial charge on any atom is -0.454 e. The normalized spacial score (nSPS) is 17.2. The molecule has 3 heterocycles. The Morgan fingerprint density at radius 2 is 1.81 bits per heavy atom. The number of amidine groups is 1. The first-order chi connectivity index (χ1) is 10.3. The highest BCUT2D eigenvalue weighted by Crippen LogP contribution is 2.42. The average Bonchev–Trinajstić information content (AvgIpc) is 3.07. The molecule has 0 aromatic heterocycles. The van der Waals surface area contributed by atoms with Crippen LogP contribution in [0.25, 0.3) is 0 Å². The molecule has 2 aromatic carbocycles. The summed E-state index contributed by atoms with van der Waals surface area (Å²) in [7, 11) is 0. The molecule has 0 radical (unpaired) electrons. The van der Waals surface area contributed by atoms with Crippen LogP contribution in [-0.2, 0) is 6.54 Å². The maximum Gasteiger partial charge on any atom is 0.260 e. The molecule has 0 fully saturated rings. The van der Waals surface area contributed by atoms with E-state index in [4.69, 9.17) is 9.47 Å². The monoisotopic (exact) mass is 278 g/mol. The molecule has 0 atom stereocenters. The molecule has 0 N–H and O–H groups in total. The maximum absolute atomic E-state index is 12.5. The number of carbonyl (C=O) groups is 1. The van der Waals surface area contributed by atoms with E-state index in [0.29, 0.717) is 17.9 Å². The van der Waals surface area contributed by atoms with E-state index < -0.39 is 0 Å². The second-order valence-corrected chi connectivity index (χ2v) is 5.21. The first kappa shape index (κ1) is 10.9. The Morgan fingerprint density at radius 1 is 1.05 bits per heavy atom. The highest BCUT2D eigenvalue weighted by molar-refractivity contribution is 6.24. The van der Waals surface area contributed by atoms with Crippen molar-refractivity contribution in [2.75, 3.05) is 6.79 Å². The lowest BCUT2D eigenvalue weighted by Gasteiger charge is -2.23. The number of benzene rings is 2. The molecule has 3 aliphatic rings. The number of amides is 1. The van der Waals surface area contributed by atoms with E-state index in [0.717, 1.165) is 28.4 Å². The average molecular weight is 278 g/mol. The fourth-order valence-corrected chi connectivity index (χ4v) is 3.01. The zero-order chi connectivity index (χ0) is 14.0. The Bertz CT molecular complexity index is 841. The number of fused-ring (bicyclic) bond motifs is 5. The number of hydrogen-bond acceptors (Lipinski definition) is 4. The largest absolute Gasteiger partial charge is 0.454 e. The van der Waals surface area contributed by atoms with Crippen molar-refractivity contribution in [2.45, 2.75) is 6.54 Å². The summed E-state index contributed by atoms with van der Waals surface area (Å²) in [5, 5.41) is 0. The number of aliphatic imine (C=N–C) groups is 1. The van der Waals surface area contributed by atoms with Crippen LogP contribution in [0.4, 0.5) is 5.69 Å². The Balaban J connectivity index is 1.72. The topological polar surface area (TPSA) is 51.1 Å². The molecule has 5 heteroatoms. The molecular formula is C16H10N2O3. The summed E-state index contributed by atoms with van der Waals surface area (Å²) in [5.74, 6) is 2.16. The highest BCUT2D eigenvalue weighted by atomic mass is 16.7. The van der Waals surface area contributed by atoms with Gasteiger partial charge in [0.2, 0.25) is 6.79 Å². The molecule has 1 amide bonds. The van der Waals surface area contributed by atoms with Crippen molar-refractivity contribution < 1.29 is 14.3 Å². The van der Waals surface area contributed by atoms with Crippen LogP contribution in [0.5, 0.6) is 11.5 Å². The molecule has 2 aromatic rings. The number of carbonyl (C=O) groups excluding carboxylic acids is 1. The van der Waals surface area contributed by atoms with E-state index in [1.54, 1.807) is 4.90 Å². The first-order valence-electron chi connectivity index (χ1n) is 6.74. The first-order valence-corrected chi connectivity index (χ1v) is 6.74. The number of rotatable bonds is 0. The molecule has 0 aliphatic carbocycles. The standard InChI is InChI=1S/C16H10N2O3/c19-16-11-4-2-1-3-10(11)15-17-12-6-14-13(20-8-21-14)5-9(12)7-18(15)16/h1-6H,7-8H2. The van der Waals surface area contributed by atoms with Gasteiger partial charge in [-0.25, -0.2) is 4.99 Å². The van der Waals surface area contributed by atoms with Crippen LogP contribution in [0, 0.1) is 0 Å². The predicted molar refractivity (Wildman–Crippen MR) is 75.1 cm³/mol. The minimum absolute atomic E-state index is 0.00710. The number of hydrogen-bond donors (Lipinski definition) is 0. The summed E-state index contributed by atoms with van der Waals surface area (Å²) in [6.07, 6.45) is 0. The Labute approximate surface area is 120 Å². The van der Waals surface area contributed by atoms with Gasteiger partial charge in [0.25, 0.3) is 5.91 Å². The van der Waals surface area contributed by atoms with Crippen LogP contribution in [0.2, 0.25) is 0 Å². The molecule has 5 rings (SSSR count). The summed E-state index contributed by atoms with van der Waals surface area (Å²) < 4.78 is 10.8. The molecular weight excluding hydrogens is 268 g/mol. The van der Waals surface area contributed by atoms with E-state index in [1.807, 2.05) is 36.4 Å². The highest BCUT2D eigenvalue weighted by Gasteiger charge is 2.36. The van der Waals surface area contributed by atoms with Crippen molar-refractivity contribution in [3.05, 3.63) is 53.1 Å². The Hall–Kier alpha value is -2.82. The van der Waals surface area contributed by atoms with Gasteiger partial charge >= 0.3 is 0 Å². The van der Waals surface area contributed by atoms with Crippen molar-refractivity contribution in [2.24, 2.45) is 4.99 Å². The Morgan fingerprint density at radius 3 is 2.67 bits per heavy atom. The molecule has 0 saturated carbocycles. The van der Waals surface area contributed by atoms with Gasteiger partial charge in [-0.15, -0.1) is 0 Å². The second kappa shape index (κ2) is 3.63. The third kappa shape index (κ3) is 1.35. The molecule has 0 saturated heterocycles. The SMILES string of the molecule is O=C1c2ccccc2C2=Nc3cc4c(cc3CN12)OCO4. The van der Waals surface area contributed by atoms with Gasteiger partial charge in [0.05, 0.1) is 17.8 Å². The van der Waals surface area contributed by atoms with Crippen molar-refractivity contribution in [3.63, 3.8) is 0 Å². The van der Waals surface area contributed by atoms with Gasteiger partial charge in [0.15, 0.2) is 11.5 Å². The molecule has 0 unspecified atom stereocenters. The van der Waals surface area contributed by atoms with E-state index in [-0.39, 0.29) is 12.7 Å². The fraction of sp³-hybridized carbons (Fsp3) is 0.125. The molecule has 5 nitrogen and oxygen atoms in total. The van der Waals surface area contributed by atoms with Crippen molar-refractivity contribution in [1.82, 2.24) is 4.90 Å². The van der Waals surface area contributed by atoms with Gasteiger partial charge in [0, 0.05) is 17.2 Å².